The van der Waals surface area contributed by atoms with Gasteiger partial charge in [0.1, 0.15) is 0 Å². The monoisotopic (exact) mass is 289 g/mol. The lowest BCUT2D eigenvalue weighted by Crippen LogP contribution is -2.41. The van der Waals surface area contributed by atoms with Crippen LogP contribution in [0.5, 0.6) is 0 Å². The molecule has 1 N–H and O–H groups in total. The molecule has 2 rings (SSSR count). The Kier molecular flexibility index (Phi) is 5.80. The lowest BCUT2D eigenvalue weighted by atomic mass is 9.90. The molecule has 1 aliphatic rings. The van der Waals surface area contributed by atoms with Gasteiger partial charge < -0.3 is 10.0 Å². The van der Waals surface area contributed by atoms with Gasteiger partial charge in [-0.15, -0.1) is 0 Å². The highest BCUT2D eigenvalue weighted by molar-refractivity contribution is 5.76. The van der Waals surface area contributed by atoms with Gasteiger partial charge in [0.05, 0.1) is 6.10 Å². The predicted molar refractivity (Wildman–Crippen MR) is 85.1 cm³/mol. The molecular formula is C18H27NO2. The highest BCUT2D eigenvalue weighted by Gasteiger charge is 2.26. The van der Waals surface area contributed by atoms with E-state index in [9.17, 15) is 9.90 Å². The first-order valence-electron chi connectivity index (χ1n) is 8.11. The van der Waals surface area contributed by atoms with E-state index < -0.39 is 0 Å². The number of benzene rings is 1. The van der Waals surface area contributed by atoms with Crippen LogP contribution in [0.25, 0.3) is 0 Å². The first kappa shape index (κ1) is 16.0. The number of amides is 1. The summed E-state index contributed by atoms with van der Waals surface area (Å²) in [5.41, 5.74) is 2.48. The lowest BCUT2D eigenvalue weighted by Gasteiger charge is -2.34. The van der Waals surface area contributed by atoms with Crippen molar-refractivity contribution in [3.05, 3.63) is 35.4 Å². The maximum atomic E-state index is 12.2. The molecule has 1 amide bonds. The number of hydrogen-bond acceptors (Lipinski definition) is 2. The molecule has 21 heavy (non-hydrogen) atoms. The third kappa shape index (κ3) is 4.57. The number of aliphatic hydroxyl groups is 1. The van der Waals surface area contributed by atoms with Gasteiger partial charge in [-0.1, -0.05) is 36.8 Å². The Balaban J connectivity index is 1.76. The van der Waals surface area contributed by atoms with E-state index in [4.69, 9.17) is 0 Å². The summed E-state index contributed by atoms with van der Waals surface area (Å²) in [5.74, 6) is 0.621. The number of likely N-dealkylation sites (tertiary alicyclic amines) is 1. The Morgan fingerprint density at radius 2 is 1.90 bits per heavy atom. The van der Waals surface area contributed by atoms with Crippen molar-refractivity contribution in [1.82, 2.24) is 4.90 Å². The molecule has 0 spiro atoms. The fraction of sp³-hybridized carbons (Fsp3) is 0.611. The van der Waals surface area contributed by atoms with E-state index in [0.717, 1.165) is 38.8 Å². The van der Waals surface area contributed by atoms with Crippen LogP contribution >= 0.6 is 0 Å². The minimum absolute atomic E-state index is 0.199. The fourth-order valence-corrected chi connectivity index (χ4v) is 3.03. The van der Waals surface area contributed by atoms with E-state index in [-0.39, 0.29) is 12.0 Å². The van der Waals surface area contributed by atoms with Crippen molar-refractivity contribution < 1.29 is 9.90 Å². The van der Waals surface area contributed by atoms with Crippen molar-refractivity contribution in [2.75, 3.05) is 13.1 Å². The Hall–Kier alpha value is -1.35. The van der Waals surface area contributed by atoms with E-state index in [1.54, 1.807) is 0 Å². The summed E-state index contributed by atoms with van der Waals surface area (Å²) in [6, 6.07) is 8.40. The average Bonchev–Trinajstić information content (AvgIpc) is 2.53. The van der Waals surface area contributed by atoms with E-state index >= 15 is 0 Å². The summed E-state index contributed by atoms with van der Waals surface area (Å²) in [6.07, 6.45) is 3.89. The molecule has 1 aromatic carbocycles. The van der Waals surface area contributed by atoms with Crippen LogP contribution in [0.4, 0.5) is 0 Å². The Morgan fingerprint density at radius 1 is 1.29 bits per heavy atom. The van der Waals surface area contributed by atoms with E-state index in [1.807, 2.05) is 11.8 Å². The van der Waals surface area contributed by atoms with Gasteiger partial charge in [-0.2, -0.15) is 0 Å². The SMILES string of the molecule is CCC(O)C1CCN(C(=O)CCc2ccc(C)cc2)CC1. The molecular weight excluding hydrogens is 262 g/mol. The summed E-state index contributed by atoms with van der Waals surface area (Å²) in [4.78, 5) is 14.2. The summed E-state index contributed by atoms with van der Waals surface area (Å²) in [6.45, 7) is 5.69. The zero-order valence-electron chi connectivity index (χ0n) is 13.2. The third-order valence-corrected chi connectivity index (χ3v) is 4.60. The topological polar surface area (TPSA) is 40.5 Å². The van der Waals surface area contributed by atoms with E-state index in [0.29, 0.717) is 12.3 Å². The van der Waals surface area contributed by atoms with Crippen LogP contribution < -0.4 is 0 Å². The minimum atomic E-state index is -0.199. The molecule has 0 radical (unpaired) electrons. The lowest BCUT2D eigenvalue weighted by molar-refractivity contribution is -0.133. The van der Waals surface area contributed by atoms with Crippen molar-refractivity contribution in [2.45, 2.75) is 52.1 Å². The number of rotatable bonds is 5. The quantitative estimate of drug-likeness (QED) is 0.905. The zero-order chi connectivity index (χ0) is 15.2. The summed E-state index contributed by atoms with van der Waals surface area (Å²) in [7, 11) is 0. The molecule has 0 bridgehead atoms. The van der Waals surface area contributed by atoms with Gasteiger partial charge in [-0.05, 0) is 44.1 Å². The third-order valence-electron chi connectivity index (χ3n) is 4.60. The van der Waals surface area contributed by atoms with E-state index in [1.165, 1.54) is 11.1 Å². The molecule has 0 saturated carbocycles. The number of hydrogen-bond donors (Lipinski definition) is 1. The van der Waals surface area contributed by atoms with Crippen LogP contribution in [0.3, 0.4) is 0 Å². The second kappa shape index (κ2) is 7.60. The zero-order valence-corrected chi connectivity index (χ0v) is 13.2. The van der Waals surface area contributed by atoms with Crippen molar-refractivity contribution in [3.8, 4) is 0 Å². The molecule has 1 fully saturated rings. The number of carbonyl (C=O) groups is 1. The first-order valence-corrected chi connectivity index (χ1v) is 8.11. The van der Waals surface area contributed by atoms with Crippen molar-refractivity contribution in [3.63, 3.8) is 0 Å². The predicted octanol–water partition coefficient (Wildman–Crippen LogP) is 2.94. The Morgan fingerprint density at radius 3 is 2.48 bits per heavy atom. The summed E-state index contributed by atoms with van der Waals surface area (Å²) >= 11 is 0. The number of aryl methyl sites for hydroxylation is 2. The molecule has 0 aromatic heterocycles. The van der Waals surface area contributed by atoms with Gasteiger partial charge in [0, 0.05) is 19.5 Å². The van der Waals surface area contributed by atoms with Crippen molar-refractivity contribution in [1.29, 1.82) is 0 Å². The standard InChI is InChI=1S/C18H27NO2/c1-3-17(20)16-10-12-19(13-11-16)18(21)9-8-15-6-4-14(2)5-7-15/h4-7,16-17,20H,3,8-13H2,1-2H3. The number of piperidine rings is 1. The molecule has 1 aromatic rings. The second-order valence-electron chi connectivity index (χ2n) is 6.18. The largest absolute Gasteiger partial charge is 0.393 e. The fourth-order valence-electron chi connectivity index (χ4n) is 3.03. The minimum Gasteiger partial charge on any atom is -0.393 e. The molecule has 116 valence electrons. The molecule has 1 atom stereocenters. The van der Waals surface area contributed by atoms with Gasteiger partial charge >= 0.3 is 0 Å². The van der Waals surface area contributed by atoms with Crippen LogP contribution in [0.15, 0.2) is 24.3 Å². The van der Waals surface area contributed by atoms with Gasteiger partial charge in [-0.25, -0.2) is 0 Å². The molecule has 0 aliphatic carbocycles. The second-order valence-corrected chi connectivity index (χ2v) is 6.18. The molecule has 3 heteroatoms. The Bertz CT molecular complexity index is 447. The first-order chi connectivity index (χ1) is 10.1. The van der Waals surface area contributed by atoms with Crippen LogP contribution in [0.2, 0.25) is 0 Å². The highest BCUT2D eigenvalue weighted by atomic mass is 16.3. The van der Waals surface area contributed by atoms with Gasteiger partial charge in [-0.3, -0.25) is 4.79 Å². The number of aliphatic hydroxyl groups excluding tert-OH is 1. The molecule has 1 heterocycles. The van der Waals surface area contributed by atoms with Crippen LogP contribution in [-0.2, 0) is 11.2 Å². The summed E-state index contributed by atoms with van der Waals surface area (Å²) in [5, 5.41) is 9.88. The van der Waals surface area contributed by atoms with Crippen LogP contribution in [0, 0.1) is 12.8 Å². The maximum absolute atomic E-state index is 12.2. The molecule has 1 saturated heterocycles. The normalized spacial score (nSPS) is 17.8. The number of carbonyl (C=O) groups excluding carboxylic acids is 1. The summed E-state index contributed by atoms with van der Waals surface area (Å²) < 4.78 is 0. The number of nitrogens with zero attached hydrogens (tertiary/aromatic N) is 1. The van der Waals surface area contributed by atoms with Gasteiger partial charge in [0.2, 0.25) is 5.91 Å². The van der Waals surface area contributed by atoms with Gasteiger partial charge in [0.25, 0.3) is 0 Å². The highest BCUT2D eigenvalue weighted by Crippen LogP contribution is 2.23. The molecule has 3 nitrogen and oxygen atoms in total. The Labute approximate surface area is 128 Å². The average molecular weight is 289 g/mol. The molecule has 1 aliphatic heterocycles. The smallest absolute Gasteiger partial charge is 0.222 e. The van der Waals surface area contributed by atoms with E-state index in [2.05, 4.69) is 31.2 Å². The van der Waals surface area contributed by atoms with Crippen LogP contribution in [-0.4, -0.2) is 35.1 Å². The van der Waals surface area contributed by atoms with Crippen LogP contribution in [0.1, 0.15) is 43.7 Å². The van der Waals surface area contributed by atoms with Gasteiger partial charge in [0.15, 0.2) is 0 Å². The van der Waals surface area contributed by atoms with Crippen molar-refractivity contribution in [2.24, 2.45) is 5.92 Å². The van der Waals surface area contributed by atoms with Crippen molar-refractivity contribution >= 4 is 5.91 Å². The maximum Gasteiger partial charge on any atom is 0.222 e. The molecule has 1 unspecified atom stereocenters.